The lowest BCUT2D eigenvalue weighted by molar-refractivity contribution is 0.224. The fraction of sp³-hybridized carbons (Fsp3) is 0.421. The highest BCUT2D eigenvalue weighted by atomic mass is 35.5. The van der Waals surface area contributed by atoms with Gasteiger partial charge in [-0.05, 0) is 42.6 Å². The molecular weight excluding hydrogens is 374 g/mol. The van der Waals surface area contributed by atoms with E-state index in [-0.39, 0.29) is 30.6 Å². The maximum atomic E-state index is 13.7. The average Bonchev–Trinajstić information content (AvgIpc) is 3.05. The first-order chi connectivity index (χ1) is 11.6. The number of likely N-dealkylation sites (tertiary alicyclic amines) is 2. The molecule has 7 heteroatoms. The van der Waals surface area contributed by atoms with Crippen LogP contribution in [0.2, 0.25) is 0 Å². The molecule has 142 valence electrons. The van der Waals surface area contributed by atoms with Crippen LogP contribution in [0.1, 0.15) is 17.2 Å². The van der Waals surface area contributed by atoms with E-state index in [4.69, 9.17) is 5.73 Å². The van der Waals surface area contributed by atoms with E-state index in [0.717, 1.165) is 37.3 Å². The molecule has 0 spiro atoms. The van der Waals surface area contributed by atoms with Crippen molar-refractivity contribution in [2.24, 2.45) is 11.8 Å². The van der Waals surface area contributed by atoms with Crippen LogP contribution in [-0.4, -0.2) is 41.5 Å². The van der Waals surface area contributed by atoms with Crippen LogP contribution in [0.4, 0.5) is 10.2 Å². The molecule has 2 aromatic rings. The number of hydrogen-bond acceptors (Lipinski definition) is 4. The van der Waals surface area contributed by atoms with E-state index in [0.29, 0.717) is 23.7 Å². The zero-order valence-electron chi connectivity index (χ0n) is 14.7. The van der Waals surface area contributed by atoms with Crippen molar-refractivity contribution in [2.75, 3.05) is 32.4 Å². The Morgan fingerprint density at radius 2 is 1.96 bits per heavy atom. The largest absolute Gasteiger partial charge is 0.383 e. The molecule has 2 fully saturated rings. The van der Waals surface area contributed by atoms with Crippen molar-refractivity contribution in [3.05, 3.63) is 59.5 Å². The molecule has 0 saturated carbocycles. The third kappa shape index (κ3) is 3.96. The summed E-state index contributed by atoms with van der Waals surface area (Å²) >= 11 is 0. The number of hydrogen-bond donors (Lipinski definition) is 1. The molecule has 2 N–H and O–H groups in total. The maximum Gasteiger partial charge on any atom is 0.127 e. The molecule has 4 rings (SSSR count). The smallest absolute Gasteiger partial charge is 0.127 e. The first-order valence-electron chi connectivity index (χ1n) is 8.49. The van der Waals surface area contributed by atoms with Gasteiger partial charge < -0.3 is 5.73 Å². The normalized spacial score (nSPS) is 25.4. The SMILES string of the molecule is CN1C[C@H]2CN(Cc3cccnc3N)C[C@H]2[C@@H]1c1cccc(F)c1.Cl.Cl. The van der Waals surface area contributed by atoms with Crippen molar-refractivity contribution < 1.29 is 4.39 Å². The number of pyridine rings is 1. The second-order valence-electron chi connectivity index (χ2n) is 7.11. The third-order valence-corrected chi connectivity index (χ3v) is 5.48. The van der Waals surface area contributed by atoms with E-state index in [9.17, 15) is 4.39 Å². The van der Waals surface area contributed by atoms with Gasteiger partial charge in [0.1, 0.15) is 11.6 Å². The number of rotatable bonds is 3. The molecule has 3 atom stereocenters. The van der Waals surface area contributed by atoms with E-state index in [2.05, 4.69) is 21.8 Å². The molecule has 26 heavy (non-hydrogen) atoms. The molecule has 0 radical (unpaired) electrons. The fourth-order valence-electron chi connectivity index (χ4n) is 4.50. The van der Waals surface area contributed by atoms with Gasteiger partial charge >= 0.3 is 0 Å². The minimum Gasteiger partial charge on any atom is -0.383 e. The van der Waals surface area contributed by atoms with Crippen molar-refractivity contribution >= 4 is 30.6 Å². The standard InChI is InChI=1S/C19H23FN4.2ClH/c1-23-9-15-11-24(10-14-5-3-7-22-19(14)21)12-17(15)18(23)13-4-2-6-16(20)8-13;;/h2-8,15,17-18H,9-12H2,1H3,(H2,21,22);2*1H/t15-,17+,18-;;/m0../s1. The van der Waals surface area contributed by atoms with Crippen molar-refractivity contribution in [2.45, 2.75) is 12.6 Å². The predicted octanol–water partition coefficient (Wildman–Crippen LogP) is 3.38. The fourth-order valence-corrected chi connectivity index (χ4v) is 4.50. The summed E-state index contributed by atoms with van der Waals surface area (Å²) in [7, 11) is 2.15. The van der Waals surface area contributed by atoms with Gasteiger partial charge in [-0.1, -0.05) is 18.2 Å². The number of halogens is 3. The van der Waals surface area contributed by atoms with Gasteiger partial charge in [-0.25, -0.2) is 9.37 Å². The first-order valence-corrected chi connectivity index (χ1v) is 8.49. The number of nitrogen functional groups attached to an aromatic ring is 1. The Morgan fingerprint density at radius 1 is 1.15 bits per heavy atom. The summed E-state index contributed by atoms with van der Waals surface area (Å²) in [6.45, 7) is 3.98. The summed E-state index contributed by atoms with van der Waals surface area (Å²) in [6.07, 6.45) is 1.73. The summed E-state index contributed by atoms with van der Waals surface area (Å²) < 4.78 is 13.7. The summed E-state index contributed by atoms with van der Waals surface area (Å²) in [6, 6.07) is 11.3. The van der Waals surface area contributed by atoms with Gasteiger partial charge in [-0.15, -0.1) is 24.8 Å². The molecule has 0 unspecified atom stereocenters. The molecule has 1 aromatic carbocycles. The zero-order valence-corrected chi connectivity index (χ0v) is 16.3. The molecule has 1 aromatic heterocycles. The van der Waals surface area contributed by atoms with Crippen LogP contribution in [0.3, 0.4) is 0 Å². The number of fused-ring (bicyclic) bond motifs is 1. The highest BCUT2D eigenvalue weighted by Gasteiger charge is 2.46. The van der Waals surface area contributed by atoms with E-state index in [1.54, 1.807) is 12.3 Å². The minimum absolute atomic E-state index is 0. The third-order valence-electron chi connectivity index (χ3n) is 5.48. The summed E-state index contributed by atoms with van der Waals surface area (Å²) in [5, 5.41) is 0. The Morgan fingerprint density at radius 3 is 2.69 bits per heavy atom. The topological polar surface area (TPSA) is 45.4 Å². The molecule has 3 heterocycles. The van der Waals surface area contributed by atoms with Crippen LogP contribution in [0.25, 0.3) is 0 Å². The highest BCUT2D eigenvalue weighted by Crippen LogP contribution is 2.44. The molecular formula is C19H25Cl2FN4. The van der Waals surface area contributed by atoms with Crippen LogP contribution >= 0.6 is 24.8 Å². The quantitative estimate of drug-likeness (QED) is 0.860. The molecule has 2 saturated heterocycles. The lowest BCUT2D eigenvalue weighted by Gasteiger charge is -2.27. The average molecular weight is 399 g/mol. The molecule has 0 aliphatic carbocycles. The van der Waals surface area contributed by atoms with Crippen molar-refractivity contribution in [1.82, 2.24) is 14.8 Å². The summed E-state index contributed by atoms with van der Waals surface area (Å²) in [5.74, 6) is 1.63. The van der Waals surface area contributed by atoms with Crippen molar-refractivity contribution in [3.8, 4) is 0 Å². The Hall–Kier alpha value is -1.40. The van der Waals surface area contributed by atoms with E-state index < -0.39 is 0 Å². The number of aromatic nitrogens is 1. The monoisotopic (exact) mass is 398 g/mol. The lowest BCUT2D eigenvalue weighted by Crippen LogP contribution is -2.29. The van der Waals surface area contributed by atoms with Gasteiger partial charge in [0.05, 0.1) is 0 Å². The van der Waals surface area contributed by atoms with Crippen LogP contribution in [0.5, 0.6) is 0 Å². The molecule has 0 amide bonds. The minimum atomic E-state index is -0.151. The van der Waals surface area contributed by atoms with Gasteiger partial charge in [0.15, 0.2) is 0 Å². The van der Waals surface area contributed by atoms with Crippen LogP contribution < -0.4 is 5.73 Å². The molecule has 2 aliphatic rings. The predicted molar refractivity (Wildman–Crippen MR) is 107 cm³/mol. The molecule has 0 bridgehead atoms. The lowest BCUT2D eigenvalue weighted by atomic mass is 9.89. The van der Waals surface area contributed by atoms with Crippen LogP contribution in [-0.2, 0) is 6.54 Å². The Kier molecular flexibility index (Phi) is 6.86. The Balaban J connectivity index is 0.00000121. The number of anilines is 1. The van der Waals surface area contributed by atoms with Crippen LogP contribution in [0.15, 0.2) is 42.6 Å². The van der Waals surface area contributed by atoms with E-state index in [1.165, 1.54) is 6.07 Å². The second-order valence-corrected chi connectivity index (χ2v) is 7.11. The summed E-state index contributed by atoms with van der Waals surface area (Å²) in [5.41, 5.74) is 8.17. The van der Waals surface area contributed by atoms with Crippen molar-refractivity contribution in [3.63, 3.8) is 0 Å². The zero-order chi connectivity index (χ0) is 16.7. The van der Waals surface area contributed by atoms with Gasteiger partial charge in [0.2, 0.25) is 0 Å². The van der Waals surface area contributed by atoms with E-state index in [1.807, 2.05) is 24.3 Å². The van der Waals surface area contributed by atoms with Crippen LogP contribution in [0, 0.1) is 17.7 Å². The Bertz CT molecular complexity index is 745. The molecule has 4 nitrogen and oxygen atoms in total. The number of benzene rings is 1. The Labute approximate surface area is 166 Å². The summed E-state index contributed by atoms with van der Waals surface area (Å²) in [4.78, 5) is 9.01. The number of nitrogens with two attached hydrogens (primary N) is 1. The van der Waals surface area contributed by atoms with Gasteiger partial charge in [-0.2, -0.15) is 0 Å². The first kappa shape index (κ1) is 20.9. The maximum absolute atomic E-state index is 13.7. The number of nitrogens with zero attached hydrogens (tertiary/aromatic N) is 3. The molecule has 2 aliphatic heterocycles. The van der Waals surface area contributed by atoms with Gasteiger partial charge in [0.25, 0.3) is 0 Å². The van der Waals surface area contributed by atoms with Gasteiger partial charge in [0, 0.05) is 44.0 Å². The van der Waals surface area contributed by atoms with Crippen molar-refractivity contribution in [1.29, 1.82) is 0 Å². The highest BCUT2D eigenvalue weighted by molar-refractivity contribution is 5.85. The second kappa shape index (κ2) is 8.53. The van der Waals surface area contributed by atoms with Gasteiger partial charge in [-0.3, -0.25) is 9.80 Å². The van der Waals surface area contributed by atoms with E-state index >= 15 is 0 Å².